The SMILES string of the molecule is CCCCCCCCCCCCCCCCCCCCCCCCCCCCCCCCCCCC(=O)OC(COC(=O)CCCCCCCCCCCCCCCCCC)COP(=O)(O)OCCN. The standard InChI is InChI=1S/C60H120NO8P/c1-3-5-7-9-11-13-15-17-19-21-22-23-24-25-26-27-28-29-30-31-32-33-34-35-36-37-39-41-43-45-47-49-51-53-60(63)69-58(57-68-70(64,65)67-55-54-61)56-66-59(62)52-50-48-46-44-42-40-38-20-18-16-14-12-10-8-6-4-2/h58H,3-57,61H2,1-2H3,(H,64,65). The first-order chi connectivity index (χ1) is 34.3. The van der Waals surface area contributed by atoms with Crippen LogP contribution in [-0.2, 0) is 32.7 Å². The minimum absolute atomic E-state index is 0.0586. The summed E-state index contributed by atoms with van der Waals surface area (Å²) in [6.07, 6.45) is 64.7. The predicted octanol–water partition coefficient (Wildman–Crippen LogP) is 19.5. The van der Waals surface area contributed by atoms with Crippen LogP contribution in [0.2, 0.25) is 0 Å². The third-order valence-corrected chi connectivity index (χ3v) is 15.2. The maximum atomic E-state index is 12.7. The first-order valence-corrected chi connectivity index (χ1v) is 32.5. The largest absolute Gasteiger partial charge is 0.472 e. The molecule has 0 aromatic heterocycles. The van der Waals surface area contributed by atoms with Gasteiger partial charge in [0, 0.05) is 19.4 Å². The van der Waals surface area contributed by atoms with Crippen molar-refractivity contribution in [3.05, 3.63) is 0 Å². The van der Waals surface area contributed by atoms with Crippen LogP contribution in [0.5, 0.6) is 0 Å². The average molecular weight is 1010 g/mol. The molecule has 0 rings (SSSR count). The summed E-state index contributed by atoms with van der Waals surface area (Å²) < 4.78 is 33.0. The first-order valence-electron chi connectivity index (χ1n) is 31.0. The second-order valence-corrected chi connectivity index (χ2v) is 22.8. The van der Waals surface area contributed by atoms with E-state index in [1.54, 1.807) is 0 Å². The second kappa shape index (κ2) is 57.3. The molecule has 2 unspecified atom stereocenters. The van der Waals surface area contributed by atoms with Crippen LogP contribution in [0.3, 0.4) is 0 Å². The molecule has 0 radical (unpaired) electrons. The van der Waals surface area contributed by atoms with E-state index in [0.29, 0.717) is 6.42 Å². The van der Waals surface area contributed by atoms with E-state index < -0.39 is 26.5 Å². The Hall–Kier alpha value is -0.990. The highest BCUT2D eigenvalue weighted by Crippen LogP contribution is 2.43. The number of hydrogen-bond donors (Lipinski definition) is 2. The van der Waals surface area contributed by atoms with Gasteiger partial charge in [-0.05, 0) is 12.8 Å². The lowest BCUT2D eigenvalue weighted by Crippen LogP contribution is -2.29. The van der Waals surface area contributed by atoms with Crippen LogP contribution in [-0.4, -0.2) is 49.3 Å². The molecule has 10 heteroatoms. The lowest BCUT2D eigenvalue weighted by atomic mass is 10.0. The molecular formula is C60H120NO8P. The van der Waals surface area contributed by atoms with Gasteiger partial charge in [-0.1, -0.05) is 316 Å². The predicted molar refractivity (Wildman–Crippen MR) is 298 cm³/mol. The van der Waals surface area contributed by atoms with Gasteiger partial charge in [-0.15, -0.1) is 0 Å². The molecule has 0 aromatic carbocycles. The van der Waals surface area contributed by atoms with Crippen LogP contribution >= 0.6 is 7.82 Å². The highest BCUT2D eigenvalue weighted by atomic mass is 31.2. The van der Waals surface area contributed by atoms with Gasteiger partial charge in [0.05, 0.1) is 13.2 Å². The van der Waals surface area contributed by atoms with E-state index >= 15 is 0 Å². The molecule has 0 amide bonds. The minimum atomic E-state index is -4.38. The van der Waals surface area contributed by atoms with E-state index in [1.165, 1.54) is 276 Å². The van der Waals surface area contributed by atoms with Crippen LogP contribution in [0, 0.1) is 0 Å². The summed E-state index contributed by atoms with van der Waals surface area (Å²) in [7, 11) is -4.38. The second-order valence-electron chi connectivity index (χ2n) is 21.3. The molecule has 0 aromatic rings. The summed E-state index contributed by atoms with van der Waals surface area (Å²) in [5.74, 6) is -0.803. The molecule has 0 spiro atoms. The van der Waals surface area contributed by atoms with Gasteiger partial charge in [0.2, 0.25) is 0 Å². The van der Waals surface area contributed by atoms with Crippen molar-refractivity contribution >= 4 is 19.8 Å². The molecule has 0 aliphatic heterocycles. The lowest BCUT2D eigenvalue weighted by Gasteiger charge is -2.19. The maximum absolute atomic E-state index is 12.7. The monoisotopic (exact) mass is 1010 g/mol. The van der Waals surface area contributed by atoms with Gasteiger partial charge < -0.3 is 20.1 Å². The van der Waals surface area contributed by atoms with Crippen molar-refractivity contribution in [3.63, 3.8) is 0 Å². The molecule has 0 bridgehead atoms. The molecule has 0 aliphatic carbocycles. The Morgan fingerprint density at radius 3 is 0.871 bits per heavy atom. The van der Waals surface area contributed by atoms with Crippen LogP contribution in [0.25, 0.3) is 0 Å². The number of esters is 2. The number of nitrogens with two attached hydrogens (primary N) is 1. The molecule has 0 saturated heterocycles. The summed E-state index contributed by atoms with van der Waals surface area (Å²) >= 11 is 0. The number of carbonyl (C=O) groups excluding carboxylic acids is 2. The number of unbranched alkanes of at least 4 members (excludes halogenated alkanes) is 47. The molecule has 9 nitrogen and oxygen atoms in total. The number of phosphoric acid groups is 1. The molecule has 0 heterocycles. The first kappa shape index (κ1) is 69.0. The van der Waals surface area contributed by atoms with Crippen molar-refractivity contribution in [3.8, 4) is 0 Å². The van der Waals surface area contributed by atoms with Gasteiger partial charge in [-0.3, -0.25) is 18.6 Å². The van der Waals surface area contributed by atoms with Crippen molar-refractivity contribution < 1.29 is 37.6 Å². The van der Waals surface area contributed by atoms with Gasteiger partial charge in [0.25, 0.3) is 0 Å². The summed E-state index contributed by atoms with van der Waals surface area (Å²) in [5.41, 5.74) is 5.38. The third kappa shape index (κ3) is 56.3. The molecular weight excluding hydrogens is 894 g/mol. The number of carbonyl (C=O) groups is 2. The summed E-state index contributed by atoms with van der Waals surface area (Å²) in [6, 6.07) is 0. The molecule has 2 atom stereocenters. The Labute approximate surface area is 435 Å². The van der Waals surface area contributed by atoms with Crippen LogP contribution in [0.15, 0.2) is 0 Å². The summed E-state index contributed by atoms with van der Waals surface area (Å²) in [5, 5.41) is 0. The fourth-order valence-corrected chi connectivity index (χ4v) is 10.4. The maximum Gasteiger partial charge on any atom is 0.472 e. The van der Waals surface area contributed by atoms with Crippen molar-refractivity contribution in [1.29, 1.82) is 0 Å². The van der Waals surface area contributed by atoms with E-state index in [-0.39, 0.29) is 38.6 Å². The third-order valence-electron chi connectivity index (χ3n) is 14.2. The Bertz CT molecular complexity index is 1110. The van der Waals surface area contributed by atoms with E-state index in [1.807, 2.05) is 0 Å². The highest BCUT2D eigenvalue weighted by molar-refractivity contribution is 7.47. The smallest absolute Gasteiger partial charge is 0.462 e. The van der Waals surface area contributed by atoms with Gasteiger partial charge in [-0.25, -0.2) is 4.57 Å². The zero-order valence-corrected chi connectivity index (χ0v) is 47.7. The highest BCUT2D eigenvalue weighted by Gasteiger charge is 2.26. The Morgan fingerprint density at radius 1 is 0.371 bits per heavy atom. The fourth-order valence-electron chi connectivity index (χ4n) is 9.64. The summed E-state index contributed by atoms with van der Waals surface area (Å²) in [4.78, 5) is 35.2. The molecule has 70 heavy (non-hydrogen) atoms. The van der Waals surface area contributed by atoms with Crippen LogP contribution in [0.1, 0.15) is 341 Å². The zero-order valence-electron chi connectivity index (χ0n) is 46.8. The van der Waals surface area contributed by atoms with Gasteiger partial charge in [0.1, 0.15) is 6.61 Å². The van der Waals surface area contributed by atoms with Gasteiger partial charge >= 0.3 is 19.8 Å². The van der Waals surface area contributed by atoms with E-state index in [0.717, 1.165) is 32.1 Å². The quantitative estimate of drug-likeness (QED) is 0.0347. The fraction of sp³-hybridized carbons (Fsp3) is 0.967. The van der Waals surface area contributed by atoms with Crippen molar-refractivity contribution in [2.75, 3.05) is 26.4 Å². The number of rotatable bonds is 60. The van der Waals surface area contributed by atoms with Crippen molar-refractivity contribution in [1.82, 2.24) is 0 Å². The van der Waals surface area contributed by atoms with Crippen LogP contribution < -0.4 is 5.73 Å². The molecule has 0 aliphatic rings. The Morgan fingerprint density at radius 2 is 0.614 bits per heavy atom. The van der Waals surface area contributed by atoms with E-state index in [4.69, 9.17) is 24.3 Å². The number of phosphoric ester groups is 1. The van der Waals surface area contributed by atoms with Crippen LogP contribution in [0.4, 0.5) is 0 Å². The zero-order chi connectivity index (χ0) is 51.0. The Balaban J connectivity index is 3.79. The normalized spacial score (nSPS) is 12.9. The van der Waals surface area contributed by atoms with Gasteiger partial charge in [0.15, 0.2) is 6.10 Å². The van der Waals surface area contributed by atoms with Crippen molar-refractivity contribution in [2.45, 2.75) is 347 Å². The topological polar surface area (TPSA) is 134 Å². The summed E-state index contributed by atoms with van der Waals surface area (Å²) in [6.45, 7) is 3.82. The minimum Gasteiger partial charge on any atom is -0.462 e. The van der Waals surface area contributed by atoms with Gasteiger partial charge in [-0.2, -0.15) is 0 Å². The molecule has 3 N–H and O–H groups in total. The molecule has 0 saturated carbocycles. The Kier molecular flexibility index (Phi) is 56.5. The van der Waals surface area contributed by atoms with E-state index in [9.17, 15) is 19.0 Å². The number of hydrogen-bond acceptors (Lipinski definition) is 8. The number of ether oxygens (including phenoxy) is 2. The lowest BCUT2D eigenvalue weighted by molar-refractivity contribution is -0.161. The van der Waals surface area contributed by atoms with Crippen molar-refractivity contribution in [2.24, 2.45) is 5.73 Å². The molecule has 0 fully saturated rings. The van der Waals surface area contributed by atoms with E-state index in [2.05, 4.69) is 13.8 Å². The average Bonchev–Trinajstić information content (AvgIpc) is 3.35. The molecule has 418 valence electrons.